The highest BCUT2D eigenvalue weighted by molar-refractivity contribution is 5.81. The molecule has 0 atom stereocenters. The van der Waals surface area contributed by atoms with Gasteiger partial charge in [0, 0.05) is 11.8 Å². The van der Waals surface area contributed by atoms with Gasteiger partial charge in [-0.1, -0.05) is 54.6 Å². The first kappa shape index (κ1) is 18.7. The van der Waals surface area contributed by atoms with E-state index in [-0.39, 0.29) is 5.56 Å². The predicted molar refractivity (Wildman–Crippen MR) is 108 cm³/mol. The number of hydrogen-bond acceptors (Lipinski definition) is 2. The van der Waals surface area contributed by atoms with Crippen molar-refractivity contribution < 1.29 is 13.2 Å². The van der Waals surface area contributed by atoms with Crippen LogP contribution in [0.4, 0.5) is 13.2 Å². The summed E-state index contributed by atoms with van der Waals surface area (Å²) >= 11 is 0. The molecule has 0 aliphatic heterocycles. The number of alkyl halides is 3. The van der Waals surface area contributed by atoms with Crippen molar-refractivity contribution in [3.63, 3.8) is 0 Å². The van der Waals surface area contributed by atoms with Gasteiger partial charge in [-0.05, 0) is 35.9 Å². The molecule has 1 heterocycles. The van der Waals surface area contributed by atoms with Crippen LogP contribution in [0.3, 0.4) is 0 Å². The first-order chi connectivity index (χ1) is 13.9. The number of hydrogen-bond donors (Lipinski definition) is 0. The lowest BCUT2D eigenvalue weighted by atomic mass is 10.1. The van der Waals surface area contributed by atoms with Crippen LogP contribution in [0.15, 0.2) is 83.7 Å². The van der Waals surface area contributed by atoms with E-state index >= 15 is 0 Å². The zero-order valence-corrected chi connectivity index (χ0v) is 15.1. The van der Waals surface area contributed by atoms with Gasteiger partial charge < -0.3 is 0 Å². The van der Waals surface area contributed by atoms with Crippen LogP contribution in [0.25, 0.3) is 34.6 Å². The number of benzene rings is 3. The second-order valence-electron chi connectivity index (χ2n) is 6.43. The van der Waals surface area contributed by atoms with Gasteiger partial charge >= 0.3 is 6.18 Å². The summed E-state index contributed by atoms with van der Waals surface area (Å²) in [7, 11) is 0. The molecule has 0 saturated heterocycles. The molecule has 0 saturated carbocycles. The van der Waals surface area contributed by atoms with Gasteiger partial charge in [0.1, 0.15) is 5.82 Å². The van der Waals surface area contributed by atoms with Crippen LogP contribution < -0.4 is 5.56 Å². The lowest BCUT2D eigenvalue weighted by molar-refractivity contribution is -0.137. The maximum Gasteiger partial charge on any atom is 0.416 e. The zero-order chi connectivity index (χ0) is 20.4. The topological polar surface area (TPSA) is 34.9 Å². The molecule has 1 aromatic heterocycles. The fraction of sp³-hybridized carbons (Fsp3) is 0.0435. The molecule has 0 aliphatic rings. The van der Waals surface area contributed by atoms with Crippen molar-refractivity contribution in [1.29, 1.82) is 0 Å². The Hall–Kier alpha value is -3.67. The molecule has 4 aromatic rings. The number of rotatable bonds is 3. The molecule has 0 spiro atoms. The van der Waals surface area contributed by atoms with E-state index < -0.39 is 11.7 Å². The Balaban J connectivity index is 1.83. The van der Waals surface area contributed by atoms with Crippen LogP contribution in [0.5, 0.6) is 0 Å². The maximum absolute atomic E-state index is 13.1. The second-order valence-corrected chi connectivity index (χ2v) is 6.43. The Kier molecular flexibility index (Phi) is 4.76. The van der Waals surface area contributed by atoms with Crippen LogP contribution in [0.2, 0.25) is 0 Å². The van der Waals surface area contributed by atoms with E-state index in [4.69, 9.17) is 0 Å². The third kappa shape index (κ3) is 3.82. The summed E-state index contributed by atoms with van der Waals surface area (Å²) in [4.78, 5) is 17.7. The van der Waals surface area contributed by atoms with Crippen LogP contribution >= 0.6 is 0 Å². The Morgan fingerprint density at radius 1 is 0.828 bits per heavy atom. The quantitative estimate of drug-likeness (QED) is 0.448. The molecule has 3 aromatic carbocycles. The molecule has 0 fully saturated rings. The molecule has 0 aliphatic carbocycles. The summed E-state index contributed by atoms with van der Waals surface area (Å²) < 4.78 is 39.6. The normalized spacial score (nSPS) is 12.0. The summed E-state index contributed by atoms with van der Waals surface area (Å²) in [5.74, 6) is 0.456. The van der Waals surface area contributed by atoms with Crippen molar-refractivity contribution in [2.45, 2.75) is 6.18 Å². The van der Waals surface area contributed by atoms with Crippen molar-refractivity contribution in [1.82, 2.24) is 9.55 Å². The number of para-hydroxylation sites is 1. The first-order valence-electron chi connectivity index (χ1n) is 8.86. The summed E-state index contributed by atoms with van der Waals surface area (Å²) in [5.41, 5.74) is 0.904. The molecule has 29 heavy (non-hydrogen) atoms. The van der Waals surface area contributed by atoms with Crippen LogP contribution in [-0.2, 0) is 6.18 Å². The fourth-order valence-corrected chi connectivity index (χ4v) is 3.02. The smallest absolute Gasteiger partial charge is 0.268 e. The monoisotopic (exact) mass is 392 g/mol. The van der Waals surface area contributed by atoms with E-state index in [1.54, 1.807) is 24.3 Å². The van der Waals surface area contributed by atoms with Crippen LogP contribution in [-0.4, -0.2) is 9.55 Å². The Labute approximate surface area is 164 Å². The van der Waals surface area contributed by atoms with E-state index in [1.165, 1.54) is 22.9 Å². The standard InChI is InChI=1S/C23H15F3N2O/c24-23(25,26)18-12-10-16(11-13-18)14-15-28-21(17-6-2-1-3-7-17)27-20-9-5-4-8-19(20)22(28)29/h1-15H/b15-14+. The Morgan fingerprint density at radius 2 is 1.48 bits per heavy atom. The predicted octanol–water partition coefficient (Wildman–Crippen LogP) is 5.71. The van der Waals surface area contributed by atoms with Crippen LogP contribution in [0.1, 0.15) is 11.1 Å². The molecular formula is C23H15F3N2O. The van der Waals surface area contributed by atoms with Gasteiger partial charge in [0.25, 0.3) is 5.56 Å². The molecule has 0 unspecified atom stereocenters. The number of aromatic nitrogens is 2. The molecule has 3 nitrogen and oxygen atoms in total. The van der Waals surface area contributed by atoms with E-state index in [0.29, 0.717) is 22.3 Å². The minimum Gasteiger partial charge on any atom is -0.268 e. The van der Waals surface area contributed by atoms with Gasteiger partial charge in [-0.2, -0.15) is 13.2 Å². The summed E-state index contributed by atoms with van der Waals surface area (Å²) in [6.07, 6.45) is -1.26. The van der Waals surface area contributed by atoms with E-state index in [0.717, 1.165) is 17.7 Å². The minimum atomic E-state index is -4.39. The van der Waals surface area contributed by atoms with E-state index in [9.17, 15) is 18.0 Å². The van der Waals surface area contributed by atoms with Crippen LogP contribution in [0, 0.1) is 0 Å². The highest BCUT2D eigenvalue weighted by Gasteiger charge is 2.29. The molecule has 0 amide bonds. The Morgan fingerprint density at radius 3 is 2.17 bits per heavy atom. The molecule has 0 N–H and O–H groups in total. The van der Waals surface area contributed by atoms with E-state index in [1.807, 2.05) is 36.4 Å². The third-order valence-electron chi connectivity index (χ3n) is 4.49. The molecule has 0 radical (unpaired) electrons. The third-order valence-corrected chi connectivity index (χ3v) is 4.49. The van der Waals surface area contributed by atoms with Gasteiger partial charge in [-0.15, -0.1) is 0 Å². The second kappa shape index (κ2) is 7.39. The summed E-state index contributed by atoms with van der Waals surface area (Å²) in [5, 5.41) is 0.462. The average molecular weight is 392 g/mol. The van der Waals surface area contributed by atoms with Crippen molar-refractivity contribution in [3.8, 4) is 11.4 Å². The Bertz CT molecular complexity index is 1240. The van der Waals surface area contributed by atoms with Crippen molar-refractivity contribution in [3.05, 3.63) is 100 Å². The van der Waals surface area contributed by atoms with Gasteiger partial charge in [0.15, 0.2) is 0 Å². The summed E-state index contributed by atoms with van der Waals surface area (Å²) in [6, 6.07) is 21.0. The van der Waals surface area contributed by atoms with E-state index in [2.05, 4.69) is 4.98 Å². The lowest BCUT2D eigenvalue weighted by Crippen LogP contribution is -2.19. The molecular weight excluding hydrogens is 377 g/mol. The number of nitrogens with zero attached hydrogens (tertiary/aromatic N) is 2. The number of halogens is 3. The van der Waals surface area contributed by atoms with Gasteiger partial charge in [-0.25, -0.2) is 4.98 Å². The SMILES string of the molecule is O=c1c2ccccc2nc(-c2ccccc2)n1/C=C/c1ccc(C(F)(F)F)cc1. The molecule has 144 valence electrons. The first-order valence-corrected chi connectivity index (χ1v) is 8.86. The van der Waals surface area contributed by atoms with Gasteiger partial charge in [-0.3, -0.25) is 9.36 Å². The van der Waals surface area contributed by atoms with Crippen molar-refractivity contribution in [2.75, 3.05) is 0 Å². The highest BCUT2D eigenvalue weighted by atomic mass is 19.4. The van der Waals surface area contributed by atoms with Gasteiger partial charge in [0.05, 0.1) is 16.5 Å². The van der Waals surface area contributed by atoms with Gasteiger partial charge in [0.2, 0.25) is 0 Å². The average Bonchev–Trinajstić information content (AvgIpc) is 2.73. The van der Waals surface area contributed by atoms with Crippen molar-refractivity contribution >= 4 is 23.2 Å². The molecule has 6 heteroatoms. The van der Waals surface area contributed by atoms with Crippen molar-refractivity contribution in [2.24, 2.45) is 0 Å². The minimum absolute atomic E-state index is 0.252. The zero-order valence-electron chi connectivity index (χ0n) is 15.1. The molecule has 4 rings (SSSR count). The lowest BCUT2D eigenvalue weighted by Gasteiger charge is -2.10. The summed E-state index contributed by atoms with van der Waals surface area (Å²) in [6.45, 7) is 0. The largest absolute Gasteiger partial charge is 0.416 e. The highest BCUT2D eigenvalue weighted by Crippen LogP contribution is 2.29. The number of fused-ring (bicyclic) bond motifs is 1. The maximum atomic E-state index is 13.1. The molecule has 0 bridgehead atoms. The fourth-order valence-electron chi connectivity index (χ4n) is 3.02.